The number of carbonyl (C=O) groups is 1. The number of hydrogen-bond acceptors (Lipinski definition) is 5. The van der Waals surface area contributed by atoms with Crippen molar-refractivity contribution in [3.05, 3.63) is 69.4 Å². The zero-order chi connectivity index (χ0) is 20.8. The minimum Gasteiger partial charge on any atom is -0.505 e. The maximum Gasteiger partial charge on any atom is 0.265 e. The number of halogens is 1. The van der Waals surface area contributed by atoms with Crippen LogP contribution in [0.25, 0.3) is 11.0 Å². The number of pyridine rings is 2. The number of aromatic amines is 1. The smallest absolute Gasteiger partial charge is 0.265 e. The number of benzene rings is 1. The molecule has 0 radical (unpaired) electrons. The Hall–Kier alpha value is -3.26. The van der Waals surface area contributed by atoms with Crippen LogP contribution >= 0.6 is 0 Å². The van der Waals surface area contributed by atoms with Crippen molar-refractivity contribution in [2.45, 2.75) is 19.8 Å². The Kier molecular flexibility index (Phi) is 6.56. The van der Waals surface area contributed by atoms with Crippen molar-refractivity contribution in [3.63, 3.8) is 0 Å². The Balaban J connectivity index is 1.81. The fraction of sp³-hybridized carbons (Fsp3) is 0.286. The summed E-state index contributed by atoms with van der Waals surface area (Å²) in [5.41, 5.74) is 0.995. The number of amides is 1. The summed E-state index contributed by atoms with van der Waals surface area (Å²) in [5.74, 6) is -1.48. The third kappa shape index (κ3) is 4.97. The highest BCUT2D eigenvalue weighted by Gasteiger charge is 2.20. The maximum atomic E-state index is 13.0. The van der Waals surface area contributed by atoms with Crippen molar-refractivity contribution in [3.8, 4) is 5.75 Å². The standard InChI is InChI=1S/C21H22FN3O4/c1-2-8-29-9-7-23-20(27)17-19(26)18-16(25-21(17)28)11-14(12-24-18)10-13-3-5-15(22)6-4-13/h3-6,11-12H,2,7-10H2,1H3,(H,23,27)(H2,25,26,28). The van der Waals surface area contributed by atoms with Gasteiger partial charge in [-0.15, -0.1) is 0 Å². The van der Waals surface area contributed by atoms with Crippen LogP contribution in [0.2, 0.25) is 0 Å². The SMILES string of the molecule is CCCOCCNC(=O)c1c(O)c2ncc(Cc3ccc(F)cc3)cc2[nH]c1=O. The van der Waals surface area contributed by atoms with Crippen LogP contribution in [-0.2, 0) is 11.2 Å². The second-order valence-electron chi connectivity index (χ2n) is 6.59. The van der Waals surface area contributed by atoms with E-state index in [4.69, 9.17) is 4.74 Å². The van der Waals surface area contributed by atoms with E-state index >= 15 is 0 Å². The number of nitrogens with zero attached hydrogens (tertiary/aromatic N) is 1. The lowest BCUT2D eigenvalue weighted by Gasteiger charge is -2.09. The van der Waals surface area contributed by atoms with Crippen molar-refractivity contribution < 1.29 is 19.0 Å². The molecule has 7 nitrogen and oxygen atoms in total. The van der Waals surface area contributed by atoms with Gasteiger partial charge in [-0.1, -0.05) is 19.1 Å². The molecule has 0 saturated heterocycles. The van der Waals surface area contributed by atoms with Gasteiger partial charge in [-0.25, -0.2) is 4.39 Å². The van der Waals surface area contributed by atoms with E-state index in [1.165, 1.54) is 12.1 Å². The summed E-state index contributed by atoms with van der Waals surface area (Å²) in [6.07, 6.45) is 2.89. The van der Waals surface area contributed by atoms with Gasteiger partial charge in [0.05, 0.1) is 12.1 Å². The lowest BCUT2D eigenvalue weighted by atomic mass is 10.1. The minimum atomic E-state index is -0.706. The van der Waals surface area contributed by atoms with Crippen LogP contribution in [0.4, 0.5) is 4.39 Å². The summed E-state index contributed by atoms with van der Waals surface area (Å²) in [5, 5.41) is 13.0. The normalized spacial score (nSPS) is 11.0. The van der Waals surface area contributed by atoms with Crippen molar-refractivity contribution >= 4 is 16.9 Å². The van der Waals surface area contributed by atoms with Crippen LogP contribution in [0.5, 0.6) is 5.75 Å². The Morgan fingerprint density at radius 1 is 1.24 bits per heavy atom. The fourth-order valence-corrected chi connectivity index (χ4v) is 2.92. The molecule has 0 fully saturated rings. The molecule has 1 amide bonds. The Bertz CT molecular complexity index is 1060. The molecule has 3 aromatic rings. The molecule has 1 aromatic carbocycles. The summed E-state index contributed by atoms with van der Waals surface area (Å²) in [4.78, 5) is 31.5. The molecule has 2 aromatic heterocycles. The fourth-order valence-electron chi connectivity index (χ4n) is 2.92. The number of nitrogens with one attached hydrogen (secondary N) is 2. The Morgan fingerprint density at radius 3 is 2.72 bits per heavy atom. The third-order valence-electron chi connectivity index (χ3n) is 4.31. The zero-order valence-corrected chi connectivity index (χ0v) is 16.0. The first kappa shape index (κ1) is 20.5. The van der Waals surface area contributed by atoms with Gasteiger partial charge < -0.3 is 20.1 Å². The summed E-state index contributed by atoms with van der Waals surface area (Å²) < 4.78 is 18.3. The number of aromatic nitrogens is 2. The summed E-state index contributed by atoms with van der Waals surface area (Å²) in [6.45, 7) is 3.10. The first-order chi connectivity index (χ1) is 14.0. The minimum absolute atomic E-state index is 0.125. The average molecular weight is 399 g/mol. The van der Waals surface area contributed by atoms with E-state index < -0.39 is 17.2 Å². The molecule has 0 bridgehead atoms. The van der Waals surface area contributed by atoms with Crippen molar-refractivity contribution in [2.24, 2.45) is 0 Å². The molecule has 0 unspecified atom stereocenters. The van der Waals surface area contributed by atoms with Gasteiger partial charge in [0, 0.05) is 19.3 Å². The lowest BCUT2D eigenvalue weighted by Crippen LogP contribution is -2.32. The van der Waals surface area contributed by atoms with Gasteiger partial charge in [-0.3, -0.25) is 14.6 Å². The predicted molar refractivity (Wildman–Crippen MR) is 107 cm³/mol. The Morgan fingerprint density at radius 2 is 2.00 bits per heavy atom. The first-order valence-corrected chi connectivity index (χ1v) is 9.34. The van der Waals surface area contributed by atoms with Crippen LogP contribution in [0.15, 0.2) is 41.3 Å². The van der Waals surface area contributed by atoms with E-state index in [1.54, 1.807) is 24.4 Å². The highest BCUT2D eigenvalue weighted by atomic mass is 19.1. The third-order valence-corrected chi connectivity index (χ3v) is 4.31. The summed E-state index contributed by atoms with van der Waals surface area (Å²) >= 11 is 0. The second kappa shape index (κ2) is 9.29. The zero-order valence-electron chi connectivity index (χ0n) is 16.0. The van der Waals surface area contributed by atoms with Crippen LogP contribution < -0.4 is 10.9 Å². The molecule has 152 valence electrons. The molecule has 0 aliphatic carbocycles. The van der Waals surface area contributed by atoms with Crippen molar-refractivity contribution in [2.75, 3.05) is 19.8 Å². The quantitative estimate of drug-likeness (QED) is 0.505. The van der Waals surface area contributed by atoms with Gasteiger partial charge >= 0.3 is 0 Å². The largest absolute Gasteiger partial charge is 0.505 e. The van der Waals surface area contributed by atoms with Crippen LogP contribution in [0.1, 0.15) is 34.8 Å². The Labute approximate surface area is 166 Å². The number of aromatic hydroxyl groups is 1. The molecule has 0 aliphatic heterocycles. The molecule has 0 spiro atoms. The lowest BCUT2D eigenvalue weighted by molar-refractivity contribution is 0.0911. The van der Waals surface area contributed by atoms with Crippen molar-refractivity contribution in [1.29, 1.82) is 0 Å². The molecule has 2 heterocycles. The van der Waals surface area contributed by atoms with Gasteiger partial charge in [0.25, 0.3) is 11.5 Å². The average Bonchev–Trinajstić information content (AvgIpc) is 2.69. The van der Waals surface area contributed by atoms with Crippen molar-refractivity contribution in [1.82, 2.24) is 15.3 Å². The molecule has 0 saturated carbocycles. The molecular formula is C21H22FN3O4. The van der Waals surface area contributed by atoms with E-state index in [0.29, 0.717) is 25.2 Å². The van der Waals surface area contributed by atoms with Gasteiger partial charge in [-0.2, -0.15) is 0 Å². The number of fused-ring (bicyclic) bond motifs is 1. The highest BCUT2D eigenvalue weighted by Crippen LogP contribution is 2.24. The van der Waals surface area contributed by atoms with E-state index in [0.717, 1.165) is 17.5 Å². The topological polar surface area (TPSA) is 104 Å². The number of H-pyrrole nitrogens is 1. The number of hydrogen-bond donors (Lipinski definition) is 3. The molecule has 29 heavy (non-hydrogen) atoms. The molecule has 8 heteroatoms. The molecule has 3 N–H and O–H groups in total. The van der Waals surface area contributed by atoms with Crippen LogP contribution in [0.3, 0.4) is 0 Å². The number of carbonyl (C=O) groups excluding carboxylic acids is 1. The second-order valence-corrected chi connectivity index (χ2v) is 6.59. The molecule has 0 atom stereocenters. The highest BCUT2D eigenvalue weighted by molar-refractivity contribution is 6.01. The van der Waals surface area contributed by atoms with Gasteiger partial charge in [0.2, 0.25) is 0 Å². The van der Waals surface area contributed by atoms with E-state index in [-0.39, 0.29) is 23.4 Å². The molecule has 0 aliphatic rings. The van der Waals surface area contributed by atoms with E-state index in [9.17, 15) is 19.1 Å². The summed E-state index contributed by atoms with van der Waals surface area (Å²) in [6, 6.07) is 7.74. The predicted octanol–water partition coefficient (Wildman–Crippen LogP) is 2.52. The van der Waals surface area contributed by atoms with Crippen LogP contribution in [-0.4, -0.2) is 40.7 Å². The van der Waals surface area contributed by atoms with Gasteiger partial charge in [-0.05, 0) is 42.2 Å². The molecular weight excluding hydrogens is 377 g/mol. The van der Waals surface area contributed by atoms with Gasteiger partial charge in [0.1, 0.15) is 16.9 Å². The number of ether oxygens (including phenoxy) is 1. The van der Waals surface area contributed by atoms with Gasteiger partial charge in [0.15, 0.2) is 5.75 Å². The summed E-state index contributed by atoms with van der Waals surface area (Å²) in [7, 11) is 0. The maximum absolute atomic E-state index is 13.0. The van der Waals surface area contributed by atoms with E-state index in [1.807, 2.05) is 6.92 Å². The first-order valence-electron chi connectivity index (χ1n) is 9.34. The molecule has 3 rings (SSSR count). The number of rotatable bonds is 8. The van der Waals surface area contributed by atoms with E-state index in [2.05, 4.69) is 15.3 Å². The monoisotopic (exact) mass is 399 g/mol. The van der Waals surface area contributed by atoms with Crippen LogP contribution in [0, 0.1) is 5.82 Å².